The van der Waals surface area contributed by atoms with Crippen LogP contribution in [0.4, 0.5) is 5.13 Å². The van der Waals surface area contributed by atoms with E-state index in [2.05, 4.69) is 22.4 Å². The van der Waals surface area contributed by atoms with Gasteiger partial charge in [-0.25, -0.2) is 0 Å². The van der Waals surface area contributed by atoms with E-state index in [0.717, 1.165) is 22.1 Å². The maximum absolute atomic E-state index is 6.10. The van der Waals surface area contributed by atoms with Crippen LogP contribution in [0.2, 0.25) is 5.02 Å². The first-order valence-corrected chi connectivity index (χ1v) is 6.27. The molecule has 2 aromatic rings. The Morgan fingerprint density at radius 3 is 2.94 bits per heavy atom. The molecule has 1 atom stereocenters. The number of aromatic nitrogens is 2. The second-order valence-electron chi connectivity index (χ2n) is 3.58. The van der Waals surface area contributed by atoms with Crippen molar-refractivity contribution in [2.24, 2.45) is 0 Å². The molecule has 1 N–H and O–H groups in total. The van der Waals surface area contributed by atoms with Crippen molar-refractivity contribution in [3.63, 3.8) is 0 Å². The van der Waals surface area contributed by atoms with Gasteiger partial charge in [0.15, 0.2) is 0 Å². The van der Waals surface area contributed by atoms with Crippen molar-refractivity contribution in [3.05, 3.63) is 40.4 Å². The quantitative estimate of drug-likeness (QED) is 0.909. The normalized spacial score (nSPS) is 12.4. The minimum absolute atomic E-state index is 0.285. The van der Waals surface area contributed by atoms with E-state index in [1.807, 2.05) is 24.3 Å². The maximum Gasteiger partial charge on any atom is 0.205 e. The van der Waals surface area contributed by atoms with Gasteiger partial charge in [-0.15, -0.1) is 10.2 Å². The monoisotopic (exact) mass is 253 g/mol. The summed E-state index contributed by atoms with van der Waals surface area (Å²) in [5.74, 6) is 0. The highest BCUT2D eigenvalue weighted by molar-refractivity contribution is 7.13. The highest BCUT2D eigenvalue weighted by Crippen LogP contribution is 2.18. The highest BCUT2D eigenvalue weighted by Gasteiger charge is 2.07. The fourth-order valence-corrected chi connectivity index (χ4v) is 2.26. The van der Waals surface area contributed by atoms with Gasteiger partial charge in [0, 0.05) is 11.1 Å². The van der Waals surface area contributed by atoms with Gasteiger partial charge in [-0.3, -0.25) is 0 Å². The first kappa shape index (κ1) is 11.4. The predicted octanol–water partition coefficient (Wildman–Crippen LogP) is 3.23. The van der Waals surface area contributed by atoms with Crippen molar-refractivity contribution in [3.8, 4) is 0 Å². The van der Waals surface area contributed by atoms with Crippen molar-refractivity contribution in [1.29, 1.82) is 0 Å². The van der Waals surface area contributed by atoms with Crippen LogP contribution in [0.15, 0.2) is 29.8 Å². The minimum Gasteiger partial charge on any atom is -0.357 e. The molecule has 0 aliphatic carbocycles. The lowest BCUT2D eigenvalue weighted by Gasteiger charge is -2.13. The molecule has 0 amide bonds. The third-order valence-corrected chi connectivity index (χ3v) is 3.21. The molecule has 5 heteroatoms. The van der Waals surface area contributed by atoms with Gasteiger partial charge in [0.1, 0.15) is 5.51 Å². The lowest BCUT2D eigenvalue weighted by molar-refractivity contribution is 0.785. The Hall–Kier alpha value is -1.13. The molecular weight excluding hydrogens is 242 g/mol. The third-order valence-electron chi connectivity index (χ3n) is 2.21. The predicted molar refractivity (Wildman–Crippen MR) is 68.1 cm³/mol. The van der Waals surface area contributed by atoms with Gasteiger partial charge in [0.05, 0.1) is 0 Å². The van der Waals surface area contributed by atoms with Gasteiger partial charge in [-0.1, -0.05) is 41.1 Å². The van der Waals surface area contributed by atoms with E-state index >= 15 is 0 Å². The summed E-state index contributed by atoms with van der Waals surface area (Å²) in [5, 5.41) is 12.7. The topological polar surface area (TPSA) is 37.8 Å². The van der Waals surface area contributed by atoms with Crippen LogP contribution in [-0.2, 0) is 6.42 Å². The van der Waals surface area contributed by atoms with Gasteiger partial charge in [-0.05, 0) is 25.0 Å². The van der Waals surface area contributed by atoms with Gasteiger partial charge in [0.2, 0.25) is 5.13 Å². The van der Waals surface area contributed by atoms with Crippen LogP contribution < -0.4 is 5.32 Å². The summed E-state index contributed by atoms with van der Waals surface area (Å²) in [6.07, 6.45) is 0.874. The molecule has 1 aromatic carbocycles. The lowest BCUT2D eigenvalue weighted by atomic mass is 10.1. The van der Waals surface area contributed by atoms with E-state index in [0.29, 0.717) is 0 Å². The van der Waals surface area contributed by atoms with E-state index in [1.165, 1.54) is 11.3 Å². The molecule has 0 bridgehead atoms. The molecule has 84 valence electrons. The fourth-order valence-electron chi connectivity index (χ4n) is 1.49. The minimum atomic E-state index is 0.285. The van der Waals surface area contributed by atoms with Crippen LogP contribution >= 0.6 is 22.9 Å². The van der Waals surface area contributed by atoms with Crippen molar-refractivity contribution in [1.82, 2.24) is 10.2 Å². The van der Waals surface area contributed by atoms with Crippen molar-refractivity contribution in [2.45, 2.75) is 19.4 Å². The molecule has 0 radical (unpaired) electrons. The van der Waals surface area contributed by atoms with E-state index in [9.17, 15) is 0 Å². The van der Waals surface area contributed by atoms with Crippen LogP contribution in [0.25, 0.3) is 0 Å². The molecule has 0 spiro atoms. The summed E-state index contributed by atoms with van der Waals surface area (Å²) in [7, 11) is 0. The molecule has 0 fully saturated rings. The first-order valence-electron chi connectivity index (χ1n) is 5.02. The van der Waals surface area contributed by atoms with Crippen molar-refractivity contribution >= 4 is 28.1 Å². The third kappa shape index (κ3) is 2.93. The van der Waals surface area contributed by atoms with E-state index in [-0.39, 0.29) is 6.04 Å². The Bertz CT molecular complexity index is 444. The Morgan fingerprint density at radius 2 is 2.25 bits per heavy atom. The number of anilines is 1. The number of halogens is 1. The number of hydrogen-bond donors (Lipinski definition) is 1. The Labute approximate surface area is 103 Å². The van der Waals surface area contributed by atoms with Crippen LogP contribution in [0.3, 0.4) is 0 Å². The average Bonchev–Trinajstić information content (AvgIpc) is 2.74. The largest absolute Gasteiger partial charge is 0.357 e. The van der Waals surface area contributed by atoms with E-state index < -0.39 is 0 Å². The van der Waals surface area contributed by atoms with Gasteiger partial charge >= 0.3 is 0 Å². The lowest BCUT2D eigenvalue weighted by Crippen LogP contribution is -2.18. The van der Waals surface area contributed by atoms with Crippen molar-refractivity contribution < 1.29 is 0 Å². The molecule has 0 saturated carbocycles. The molecule has 2 rings (SSSR count). The summed E-state index contributed by atoms with van der Waals surface area (Å²) >= 11 is 7.60. The molecule has 16 heavy (non-hydrogen) atoms. The Balaban J connectivity index is 1.97. The number of nitrogens with one attached hydrogen (secondary N) is 1. The highest BCUT2D eigenvalue weighted by atomic mass is 35.5. The average molecular weight is 254 g/mol. The molecule has 3 nitrogen and oxygen atoms in total. The molecule has 1 heterocycles. The number of hydrogen-bond acceptors (Lipinski definition) is 4. The van der Waals surface area contributed by atoms with Crippen LogP contribution in [-0.4, -0.2) is 16.2 Å². The number of rotatable bonds is 4. The zero-order chi connectivity index (χ0) is 11.4. The van der Waals surface area contributed by atoms with Gasteiger partial charge in [0.25, 0.3) is 0 Å². The Kier molecular flexibility index (Phi) is 3.74. The zero-order valence-electron chi connectivity index (χ0n) is 8.85. The van der Waals surface area contributed by atoms with Crippen LogP contribution in [0.1, 0.15) is 12.5 Å². The molecule has 1 aromatic heterocycles. The van der Waals surface area contributed by atoms with E-state index in [4.69, 9.17) is 11.6 Å². The van der Waals surface area contributed by atoms with Gasteiger partial charge in [-0.2, -0.15) is 0 Å². The summed E-state index contributed by atoms with van der Waals surface area (Å²) in [6, 6.07) is 8.18. The molecule has 1 unspecified atom stereocenters. The Morgan fingerprint density at radius 1 is 1.44 bits per heavy atom. The van der Waals surface area contributed by atoms with Crippen molar-refractivity contribution in [2.75, 3.05) is 5.32 Å². The molecular formula is C11H12ClN3S. The molecule has 0 aliphatic rings. The maximum atomic E-state index is 6.10. The van der Waals surface area contributed by atoms with Gasteiger partial charge < -0.3 is 5.32 Å². The second kappa shape index (κ2) is 5.27. The number of benzene rings is 1. The van der Waals surface area contributed by atoms with E-state index in [1.54, 1.807) is 5.51 Å². The zero-order valence-corrected chi connectivity index (χ0v) is 10.4. The first-order chi connectivity index (χ1) is 7.75. The SMILES string of the molecule is CC(Cc1ccccc1Cl)Nc1nncs1. The number of nitrogens with zero attached hydrogens (tertiary/aromatic N) is 2. The van der Waals surface area contributed by atoms with Crippen LogP contribution in [0.5, 0.6) is 0 Å². The summed E-state index contributed by atoms with van der Waals surface area (Å²) in [4.78, 5) is 0. The smallest absolute Gasteiger partial charge is 0.205 e. The summed E-state index contributed by atoms with van der Waals surface area (Å²) < 4.78 is 0. The summed E-state index contributed by atoms with van der Waals surface area (Å²) in [5.41, 5.74) is 2.86. The fraction of sp³-hybridized carbons (Fsp3) is 0.273. The second-order valence-corrected chi connectivity index (χ2v) is 4.83. The van der Waals surface area contributed by atoms with Crippen LogP contribution in [0, 0.1) is 0 Å². The summed E-state index contributed by atoms with van der Waals surface area (Å²) in [6.45, 7) is 2.10. The molecule has 0 aliphatic heterocycles. The standard InChI is InChI=1S/C11H12ClN3S/c1-8(14-11-15-13-7-16-11)6-9-4-2-3-5-10(9)12/h2-5,7-8H,6H2,1H3,(H,14,15). The molecule has 0 saturated heterocycles.